The molecule has 0 aliphatic heterocycles. The Balaban J connectivity index is 0.00000289. The zero-order chi connectivity index (χ0) is 12.7. The van der Waals surface area contributed by atoms with Crippen molar-refractivity contribution in [3.8, 4) is 0 Å². The average Bonchev–Trinajstić information content (AvgIpc) is 2.34. The van der Waals surface area contributed by atoms with Gasteiger partial charge in [0.25, 0.3) is 0 Å². The molecular formula is C13H20ClFN2O. The van der Waals surface area contributed by atoms with Crippen LogP contribution in [0.25, 0.3) is 0 Å². The topological polar surface area (TPSA) is 46.3 Å². The lowest BCUT2D eigenvalue weighted by Crippen LogP contribution is -2.29. The maximum Gasteiger partial charge on any atom is 0.222 e. The maximum atomic E-state index is 12.7. The van der Waals surface area contributed by atoms with E-state index in [-0.39, 0.29) is 24.1 Å². The van der Waals surface area contributed by atoms with E-state index in [0.717, 1.165) is 18.4 Å². The molecule has 0 atom stereocenters. The monoisotopic (exact) mass is 274 g/mol. The normalized spacial score (nSPS) is 9.72. The van der Waals surface area contributed by atoms with Crippen LogP contribution < -0.4 is 5.73 Å². The van der Waals surface area contributed by atoms with Crippen LogP contribution in [0.1, 0.15) is 18.4 Å². The summed E-state index contributed by atoms with van der Waals surface area (Å²) in [5, 5.41) is 0. The third kappa shape index (κ3) is 5.98. The van der Waals surface area contributed by atoms with E-state index in [1.165, 1.54) is 12.1 Å². The van der Waals surface area contributed by atoms with Gasteiger partial charge in [0, 0.05) is 20.0 Å². The van der Waals surface area contributed by atoms with E-state index in [1.54, 1.807) is 24.1 Å². The van der Waals surface area contributed by atoms with Crippen molar-refractivity contribution in [2.75, 3.05) is 20.1 Å². The molecule has 102 valence electrons. The van der Waals surface area contributed by atoms with Crippen LogP contribution in [-0.4, -0.2) is 30.9 Å². The van der Waals surface area contributed by atoms with Crippen LogP contribution in [0.4, 0.5) is 4.39 Å². The zero-order valence-electron chi connectivity index (χ0n) is 10.6. The Labute approximate surface area is 114 Å². The summed E-state index contributed by atoms with van der Waals surface area (Å²) in [7, 11) is 1.78. The Morgan fingerprint density at radius 3 is 2.50 bits per heavy atom. The van der Waals surface area contributed by atoms with E-state index in [0.29, 0.717) is 19.5 Å². The van der Waals surface area contributed by atoms with Gasteiger partial charge >= 0.3 is 0 Å². The Kier molecular flexibility index (Phi) is 8.33. The van der Waals surface area contributed by atoms with Crippen LogP contribution in [0.15, 0.2) is 24.3 Å². The van der Waals surface area contributed by atoms with Gasteiger partial charge in [-0.1, -0.05) is 12.1 Å². The molecule has 0 bridgehead atoms. The summed E-state index contributed by atoms with van der Waals surface area (Å²) in [6, 6.07) is 6.36. The molecule has 0 spiro atoms. The van der Waals surface area contributed by atoms with E-state index >= 15 is 0 Å². The fourth-order valence-electron chi connectivity index (χ4n) is 1.52. The molecule has 0 radical (unpaired) electrons. The first kappa shape index (κ1) is 16.9. The van der Waals surface area contributed by atoms with Crippen molar-refractivity contribution in [3.05, 3.63) is 35.6 Å². The molecule has 0 aliphatic rings. The van der Waals surface area contributed by atoms with Gasteiger partial charge in [0.2, 0.25) is 5.91 Å². The van der Waals surface area contributed by atoms with Gasteiger partial charge in [-0.05, 0) is 37.1 Å². The molecule has 0 saturated heterocycles. The van der Waals surface area contributed by atoms with Crippen molar-refractivity contribution in [3.63, 3.8) is 0 Å². The number of carbonyl (C=O) groups excluding carboxylic acids is 1. The van der Waals surface area contributed by atoms with Gasteiger partial charge in [0.1, 0.15) is 5.82 Å². The van der Waals surface area contributed by atoms with Crippen molar-refractivity contribution >= 4 is 18.3 Å². The van der Waals surface area contributed by atoms with Crippen LogP contribution in [0.5, 0.6) is 0 Å². The van der Waals surface area contributed by atoms with Gasteiger partial charge in [-0.3, -0.25) is 4.79 Å². The van der Waals surface area contributed by atoms with E-state index < -0.39 is 0 Å². The number of halogens is 2. The highest BCUT2D eigenvalue weighted by molar-refractivity contribution is 5.85. The summed E-state index contributed by atoms with van der Waals surface area (Å²) < 4.78 is 12.7. The fourth-order valence-corrected chi connectivity index (χ4v) is 1.52. The quantitative estimate of drug-likeness (QED) is 0.862. The summed E-state index contributed by atoms with van der Waals surface area (Å²) in [5.41, 5.74) is 6.38. The zero-order valence-corrected chi connectivity index (χ0v) is 11.4. The number of hydrogen-bond donors (Lipinski definition) is 1. The summed E-state index contributed by atoms with van der Waals surface area (Å²) >= 11 is 0. The van der Waals surface area contributed by atoms with Crippen LogP contribution in [0, 0.1) is 5.82 Å². The maximum absolute atomic E-state index is 12.7. The summed E-state index contributed by atoms with van der Waals surface area (Å²) in [4.78, 5) is 13.3. The van der Waals surface area contributed by atoms with Crippen molar-refractivity contribution in [1.29, 1.82) is 0 Å². The summed E-state index contributed by atoms with van der Waals surface area (Å²) in [6.45, 7) is 1.19. The molecule has 1 amide bonds. The Morgan fingerprint density at radius 1 is 1.33 bits per heavy atom. The lowest BCUT2D eigenvalue weighted by molar-refractivity contribution is -0.129. The van der Waals surface area contributed by atoms with E-state index in [2.05, 4.69) is 0 Å². The number of carbonyl (C=O) groups is 1. The van der Waals surface area contributed by atoms with Gasteiger partial charge in [0.15, 0.2) is 0 Å². The smallest absolute Gasteiger partial charge is 0.222 e. The molecule has 1 aromatic carbocycles. The minimum atomic E-state index is -0.235. The largest absolute Gasteiger partial charge is 0.345 e. The van der Waals surface area contributed by atoms with Crippen LogP contribution in [-0.2, 0) is 11.2 Å². The number of nitrogens with two attached hydrogens (primary N) is 1. The molecule has 3 nitrogen and oxygen atoms in total. The second-order valence-electron chi connectivity index (χ2n) is 4.08. The fraction of sp³-hybridized carbons (Fsp3) is 0.462. The first-order chi connectivity index (χ1) is 8.13. The highest BCUT2D eigenvalue weighted by Gasteiger charge is 2.07. The van der Waals surface area contributed by atoms with Crippen molar-refractivity contribution < 1.29 is 9.18 Å². The molecular weight excluding hydrogens is 255 g/mol. The molecule has 0 fully saturated rings. The number of amides is 1. The van der Waals surface area contributed by atoms with E-state index in [4.69, 9.17) is 5.73 Å². The van der Waals surface area contributed by atoms with Crippen LogP contribution in [0.2, 0.25) is 0 Å². The number of likely N-dealkylation sites (N-methyl/N-ethyl adjacent to an activating group) is 1. The average molecular weight is 275 g/mol. The number of nitrogens with zero attached hydrogens (tertiary/aromatic N) is 1. The van der Waals surface area contributed by atoms with Crippen LogP contribution >= 0.6 is 12.4 Å². The molecule has 2 N–H and O–H groups in total. The van der Waals surface area contributed by atoms with Gasteiger partial charge < -0.3 is 10.6 Å². The second-order valence-corrected chi connectivity index (χ2v) is 4.08. The minimum absolute atomic E-state index is 0. The first-order valence-corrected chi connectivity index (χ1v) is 5.82. The minimum Gasteiger partial charge on any atom is -0.345 e. The molecule has 1 aromatic rings. The summed E-state index contributed by atoms with van der Waals surface area (Å²) in [5.74, 6) is -0.126. The van der Waals surface area contributed by atoms with Crippen molar-refractivity contribution in [2.24, 2.45) is 5.73 Å². The lowest BCUT2D eigenvalue weighted by Gasteiger charge is -2.16. The summed E-state index contributed by atoms with van der Waals surface area (Å²) in [6.07, 6.45) is 1.96. The van der Waals surface area contributed by atoms with Gasteiger partial charge in [-0.2, -0.15) is 0 Å². The molecule has 0 saturated carbocycles. The second kappa shape index (κ2) is 8.89. The van der Waals surface area contributed by atoms with Crippen LogP contribution in [0.3, 0.4) is 0 Å². The molecule has 0 aromatic heterocycles. The van der Waals surface area contributed by atoms with E-state index in [1.807, 2.05) is 0 Å². The SMILES string of the molecule is CN(CCc1ccc(F)cc1)C(=O)CCCN.Cl. The molecule has 5 heteroatoms. The van der Waals surface area contributed by atoms with Gasteiger partial charge in [-0.15, -0.1) is 12.4 Å². The molecule has 1 rings (SSSR count). The lowest BCUT2D eigenvalue weighted by atomic mass is 10.1. The standard InChI is InChI=1S/C13H19FN2O.ClH/c1-16(13(17)3-2-9-15)10-8-11-4-6-12(14)7-5-11;/h4-7H,2-3,8-10,15H2,1H3;1H. The van der Waals surface area contributed by atoms with Gasteiger partial charge in [0.05, 0.1) is 0 Å². The third-order valence-electron chi connectivity index (χ3n) is 2.67. The Bertz CT molecular complexity index is 357. The first-order valence-electron chi connectivity index (χ1n) is 5.82. The molecule has 0 aliphatic carbocycles. The van der Waals surface area contributed by atoms with E-state index in [9.17, 15) is 9.18 Å². The third-order valence-corrected chi connectivity index (χ3v) is 2.67. The highest BCUT2D eigenvalue weighted by Crippen LogP contribution is 2.05. The predicted octanol–water partition coefficient (Wildman–Crippen LogP) is 1.99. The Hall–Kier alpha value is -1.13. The Morgan fingerprint density at radius 2 is 1.94 bits per heavy atom. The predicted molar refractivity (Wildman–Crippen MR) is 73.3 cm³/mol. The van der Waals surface area contributed by atoms with Crippen molar-refractivity contribution in [2.45, 2.75) is 19.3 Å². The van der Waals surface area contributed by atoms with Gasteiger partial charge in [-0.25, -0.2) is 4.39 Å². The van der Waals surface area contributed by atoms with Crippen molar-refractivity contribution in [1.82, 2.24) is 4.90 Å². The number of benzene rings is 1. The number of hydrogen-bond acceptors (Lipinski definition) is 2. The molecule has 0 unspecified atom stereocenters. The number of rotatable bonds is 6. The molecule has 0 heterocycles. The highest BCUT2D eigenvalue weighted by atomic mass is 35.5. The molecule has 18 heavy (non-hydrogen) atoms.